The lowest BCUT2D eigenvalue weighted by Gasteiger charge is -2.25. The van der Waals surface area contributed by atoms with Crippen LogP contribution in [0.2, 0.25) is 0 Å². The third-order valence-electron chi connectivity index (χ3n) is 3.13. The molecule has 0 spiro atoms. The highest BCUT2D eigenvalue weighted by Crippen LogP contribution is 2.34. The highest BCUT2D eigenvalue weighted by molar-refractivity contribution is 5.55. The maximum atomic E-state index is 10.1. The van der Waals surface area contributed by atoms with Crippen LogP contribution >= 0.6 is 0 Å². The van der Waals surface area contributed by atoms with E-state index in [1.165, 1.54) is 0 Å². The smallest absolute Gasteiger partial charge is 0.0796 e. The van der Waals surface area contributed by atoms with Crippen LogP contribution in [-0.2, 0) is 0 Å². The molecule has 2 rings (SSSR count). The fraction of sp³-hybridized carbons (Fsp3) is 0.429. The summed E-state index contributed by atoms with van der Waals surface area (Å²) in [5.74, 6) is 0. The molecule has 0 saturated carbocycles. The Morgan fingerprint density at radius 2 is 2.00 bits per heavy atom. The van der Waals surface area contributed by atoms with Gasteiger partial charge in [0.25, 0.3) is 0 Å². The summed E-state index contributed by atoms with van der Waals surface area (Å²) < 4.78 is 0. The summed E-state index contributed by atoms with van der Waals surface area (Å²) in [7, 11) is 0. The van der Waals surface area contributed by atoms with Gasteiger partial charge in [-0.05, 0) is 29.4 Å². The summed E-state index contributed by atoms with van der Waals surface area (Å²) in [5.41, 5.74) is 2.40. The van der Waals surface area contributed by atoms with Crippen molar-refractivity contribution in [1.82, 2.24) is 0 Å². The lowest BCUT2D eigenvalue weighted by atomic mass is 9.82. The Morgan fingerprint density at radius 3 is 2.80 bits per heavy atom. The number of aliphatic hydroxyl groups is 1. The zero-order chi connectivity index (χ0) is 10.9. The Bertz CT molecular complexity index is 377. The molecule has 0 radical (unpaired) electrons. The second-order valence-electron chi connectivity index (χ2n) is 5.01. The van der Waals surface area contributed by atoms with Crippen LogP contribution in [0, 0.1) is 5.41 Å². The fourth-order valence-corrected chi connectivity index (χ4v) is 2.03. The molecule has 1 aromatic rings. The molecule has 0 saturated heterocycles. The third-order valence-corrected chi connectivity index (χ3v) is 3.13. The Kier molecular flexibility index (Phi) is 2.66. The van der Waals surface area contributed by atoms with Crippen molar-refractivity contribution < 1.29 is 5.11 Å². The van der Waals surface area contributed by atoms with Crippen molar-refractivity contribution in [1.29, 1.82) is 0 Å². The lowest BCUT2D eigenvalue weighted by molar-refractivity contribution is 0.151. The molecule has 1 aliphatic carbocycles. The van der Waals surface area contributed by atoms with E-state index in [1.807, 2.05) is 18.2 Å². The van der Waals surface area contributed by atoms with Gasteiger partial charge in [-0.1, -0.05) is 50.3 Å². The third kappa shape index (κ3) is 2.29. The van der Waals surface area contributed by atoms with E-state index >= 15 is 0 Å². The maximum Gasteiger partial charge on any atom is 0.0796 e. The van der Waals surface area contributed by atoms with E-state index in [9.17, 15) is 5.11 Å². The monoisotopic (exact) mass is 202 g/mol. The molecule has 1 N–H and O–H groups in total. The molecule has 0 bridgehead atoms. The standard InChI is InChI=1S/C14H18O/c1-14(2)9-7-11-5-3-4-6-12(11)13(15)8-10-14/h3-7,9,13,15H,8,10H2,1-2H3. The second kappa shape index (κ2) is 3.82. The van der Waals surface area contributed by atoms with Crippen molar-refractivity contribution in [2.24, 2.45) is 5.41 Å². The predicted octanol–water partition coefficient (Wildman–Crippen LogP) is 3.55. The van der Waals surface area contributed by atoms with Crippen LogP contribution in [0.4, 0.5) is 0 Å². The van der Waals surface area contributed by atoms with Gasteiger partial charge in [0.05, 0.1) is 6.10 Å². The Hall–Kier alpha value is -1.08. The van der Waals surface area contributed by atoms with E-state index in [2.05, 4.69) is 32.1 Å². The summed E-state index contributed by atoms with van der Waals surface area (Å²) >= 11 is 0. The summed E-state index contributed by atoms with van der Waals surface area (Å²) in [5, 5.41) is 10.1. The van der Waals surface area contributed by atoms with Crippen molar-refractivity contribution in [2.45, 2.75) is 32.8 Å². The van der Waals surface area contributed by atoms with E-state index in [0.717, 1.165) is 24.0 Å². The summed E-state index contributed by atoms with van der Waals surface area (Å²) in [4.78, 5) is 0. The van der Waals surface area contributed by atoms with Crippen molar-refractivity contribution in [2.75, 3.05) is 0 Å². The van der Waals surface area contributed by atoms with Crippen LogP contribution in [0.1, 0.15) is 43.9 Å². The molecule has 1 aromatic carbocycles. The van der Waals surface area contributed by atoms with Gasteiger partial charge in [0.1, 0.15) is 0 Å². The van der Waals surface area contributed by atoms with Gasteiger partial charge in [0.15, 0.2) is 0 Å². The van der Waals surface area contributed by atoms with Crippen molar-refractivity contribution in [3.8, 4) is 0 Å². The van der Waals surface area contributed by atoms with Gasteiger partial charge in [0, 0.05) is 0 Å². The van der Waals surface area contributed by atoms with Gasteiger partial charge in [-0.25, -0.2) is 0 Å². The maximum absolute atomic E-state index is 10.1. The van der Waals surface area contributed by atoms with E-state index in [4.69, 9.17) is 0 Å². The molecule has 1 atom stereocenters. The molecular weight excluding hydrogens is 184 g/mol. The van der Waals surface area contributed by atoms with Gasteiger partial charge in [-0.2, -0.15) is 0 Å². The van der Waals surface area contributed by atoms with Crippen LogP contribution in [0.3, 0.4) is 0 Å². The Morgan fingerprint density at radius 1 is 1.27 bits per heavy atom. The van der Waals surface area contributed by atoms with Gasteiger partial charge >= 0.3 is 0 Å². The van der Waals surface area contributed by atoms with Crippen LogP contribution in [0.5, 0.6) is 0 Å². The number of fused-ring (bicyclic) bond motifs is 1. The molecule has 80 valence electrons. The minimum Gasteiger partial charge on any atom is -0.388 e. The first-order valence-corrected chi connectivity index (χ1v) is 5.55. The zero-order valence-electron chi connectivity index (χ0n) is 9.40. The number of aliphatic hydroxyl groups excluding tert-OH is 1. The van der Waals surface area contributed by atoms with Crippen molar-refractivity contribution >= 4 is 6.08 Å². The summed E-state index contributed by atoms with van der Waals surface area (Å²) in [6.07, 6.45) is 5.94. The molecule has 1 unspecified atom stereocenters. The lowest BCUT2D eigenvalue weighted by Crippen LogP contribution is -2.12. The predicted molar refractivity (Wildman–Crippen MR) is 63.5 cm³/mol. The largest absolute Gasteiger partial charge is 0.388 e. The van der Waals surface area contributed by atoms with E-state index < -0.39 is 0 Å². The molecule has 0 fully saturated rings. The number of allylic oxidation sites excluding steroid dienone is 1. The molecule has 1 aliphatic rings. The summed E-state index contributed by atoms with van der Waals surface area (Å²) in [6.45, 7) is 4.42. The molecule has 1 heteroatoms. The molecule has 15 heavy (non-hydrogen) atoms. The topological polar surface area (TPSA) is 20.2 Å². The van der Waals surface area contributed by atoms with Crippen molar-refractivity contribution in [3.05, 3.63) is 41.5 Å². The second-order valence-corrected chi connectivity index (χ2v) is 5.01. The van der Waals surface area contributed by atoms with Crippen LogP contribution in [0.15, 0.2) is 30.3 Å². The fourth-order valence-electron chi connectivity index (χ4n) is 2.03. The number of rotatable bonds is 0. The van der Waals surface area contributed by atoms with Crippen LogP contribution in [-0.4, -0.2) is 5.11 Å². The molecular formula is C14H18O. The van der Waals surface area contributed by atoms with Gasteiger partial charge in [-0.3, -0.25) is 0 Å². The first-order valence-electron chi connectivity index (χ1n) is 5.55. The minimum absolute atomic E-state index is 0.189. The average Bonchev–Trinajstić information content (AvgIpc) is 2.22. The SMILES string of the molecule is CC1(C)C=Cc2ccccc2C(O)CC1. The average molecular weight is 202 g/mol. The summed E-state index contributed by atoms with van der Waals surface area (Å²) in [6, 6.07) is 8.09. The number of hydrogen-bond acceptors (Lipinski definition) is 1. The zero-order valence-corrected chi connectivity index (χ0v) is 9.40. The van der Waals surface area contributed by atoms with Gasteiger partial charge in [-0.15, -0.1) is 0 Å². The Balaban J connectivity index is 2.44. The van der Waals surface area contributed by atoms with Crippen LogP contribution < -0.4 is 0 Å². The number of hydrogen-bond donors (Lipinski definition) is 1. The molecule has 0 heterocycles. The van der Waals surface area contributed by atoms with E-state index in [1.54, 1.807) is 0 Å². The first-order chi connectivity index (χ1) is 7.08. The van der Waals surface area contributed by atoms with E-state index in [0.29, 0.717) is 0 Å². The van der Waals surface area contributed by atoms with Crippen LogP contribution in [0.25, 0.3) is 6.08 Å². The quantitative estimate of drug-likeness (QED) is 0.682. The molecule has 0 aliphatic heterocycles. The molecule has 0 aromatic heterocycles. The van der Waals surface area contributed by atoms with E-state index in [-0.39, 0.29) is 11.5 Å². The first kappa shape index (κ1) is 10.4. The number of benzene rings is 1. The van der Waals surface area contributed by atoms with Gasteiger partial charge in [0.2, 0.25) is 0 Å². The normalized spacial score (nSPS) is 24.1. The highest BCUT2D eigenvalue weighted by Gasteiger charge is 2.20. The molecule has 0 amide bonds. The highest BCUT2D eigenvalue weighted by atomic mass is 16.3. The Labute approximate surface area is 91.4 Å². The minimum atomic E-state index is -0.314. The van der Waals surface area contributed by atoms with Gasteiger partial charge < -0.3 is 5.11 Å². The van der Waals surface area contributed by atoms with Crippen molar-refractivity contribution in [3.63, 3.8) is 0 Å². The molecule has 1 nitrogen and oxygen atoms in total.